The molecule has 0 saturated heterocycles. The average molecular weight is 354 g/mol. The molecule has 4 heteroatoms. The lowest BCUT2D eigenvalue weighted by Crippen LogP contribution is -2.14. The minimum Gasteiger partial charge on any atom is -0.444 e. The van der Waals surface area contributed by atoms with Crippen LogP contribution in [0.2, 0.25) is 0 Å². The average Bonchev–Trinajstić information content (AvgIpc) is 2.54. The second-order valence-electron chi connectivity index (χ2n) is 8.13. The largest absolute Gasteiger partial charge is 0.444 e. The van der Waals surface area contributed by atoms with Crippen molar-refractivity contribution in [3.8, 4) is 0 Å². The van der Waals surface area contributed by atoms with Gasteiger partial charge >= 0.3 is 6.09 Å². The Morgan fingerprint density at radius 3 is 2.00 bits per heavy atom. The molecule has 0 heterocycles. The first kappa shape index (κ1) is 19.8. The topological polar surface area (TPSA) is 50.4 Å². The molecule has 0 spiro atoms. The van der Waals surface area contributed by atoms with Crippen LogP contribution in [0.25, 0.3) is 0 Å². The zero-order valence-corrected chi connectivity index (χ0v) is 16.4. The van der Waals surface area contributed by atoms with Gasteiger partial charge in [-0.1, -0.05) is 45.0 Å². The summed E-state index contributed by atoms with van der Waals surface area (Å²) in [6.07, 6.45) is 0.553. The van der Waals surface area contributed by atoms with E-state index in [0.717, 1.165) is 23.4 Å². The van der Waals surface area contributed by atoms with Gasteiger partial charge in [-0.15, -0.1) is 0 Å². The first-order valence-electron chi connectivity index (χ1n) is 9.09. The fraction of sp³-hybridized carbons (Fsp3) is 0.409. The van der Waals surface area contributed by atoms with Gasteiger partial charge in [-0.2, -0.15) is 0 Å². The highest BCUT2D eigenvalue weighted by atomic mass is 16.5. The standard InChI is InChI=1S/C22H30N2O2/c1-16(2)23-19-12-8-18(9-13-19)15-26-21(25)24-20-10-6-17(7-11-20)14-22(3,4)5/h6-13,16,23H,14-15H2,1-5H3,(H,24,25). The van der Waals surface area contributed by atoms with Crippen LogP contribution >= 0.6 is 0 Å². The SMILES string of the molecule is CC(C)Nc1ccc(COC(=O)Nc2ccc(CC(C)(C)C)cc2)cc1. The van der Waals surface area contributed by atoms with E-state index in [-0.39, 0.29) is 12.0 Å². The molecule has 0 aromatic heterocycles. The first-order chi connectivity index (χ1) is 12.2. The highest BCUT2D eigenvalue weighted by molar-refractivity contribution is 5.84. The van der Waals surface area contributed by atoms with Crippen molar-refractivity contribution >= 4 is 17.5 Å². The van der Waals surface area contributed by atoms with Gasteiger partial charge in [0.1, 0.15) is 6.61 Å². The van der Waals surface area contributed by atoms with Gasteiger partial charge in [-0.25, -0.2) is 4.79 Å². The van der Waals surface area contributed by atoms with Crippen molar-refractivity contribution in [3.63, 3.8) is 0 Å². The van der Waals surface area contributed by atoms with Crippen molar-refractivity contribution in [2.75, 3.05) is 10.6 Å². The molecule has 0 unspecified atom stereocenters. The van der Waals surface area contributed by atoms with E-state index in [1.165, 1.54) is 5.56 Å². The van der Waals surface area contributed by atoms with Gasteiger partial charge in [0.15, 0.2) is 0 Å². The Labute approximate surface area is 157 Å². The van der Waals surface area contributed by atoms with E-state index in [1.54, 1.807) is 0 Å². The number of benzene rings is 2. The van der Waals surface area contributed by atoms with Crippen LogP contribution < -0.4 is 10.6 Å². The Morgan fingerprint density at radius 1 is 0.923 bits per heavy atom. The lowest BCUT2D eigenvalue weighted by atomic mass is 9.88. The zero-order chi connectivity index (χ0) is 19.2. The molecule has 0 aliphatic rings. The summed E-state index contributed by atoms with van der Waals surface area (Å²) in [5.41, 5.74) is 4.25. The summed E-state index contributed by atoms with van der Waals surface area (Å²) in [5.74, 6) is 0. The summed E-state index contributed by atoms with van der Waals surface area (Å²) in [6, 6.07) is 16.2. The quantitative estimate of drug-likeness (QED) is 0.685. The predicted octanol–water partition coefficient (Wildman–Crippen LogP) is 5.84. The monoisotopic (exact) mass is 354 g/mol. The Kier molecular flexibility index (Phi) is 6.67. The van der Waals surface area contributed by atoms with E-state index in [4.69, 9.17) is 4.74 Å². The van der Waals surface area contributed by atoms with Crippen LogP contribution in [0.1, 0.15) is 45.7 Å². The third-order valence-electron chi connectivity index (χ3n) is 3.71. The molecule has 2 aromatic carbocycles. The Bertz CT molecular complexity index is 698. The molecule has 0 atom stereocenters. The molecule has 0 aliphatic carbocycles. The predicted molar refractivity (Wildman–Crippen MR) is 109 cm³/mol. The number of hydrogen-bond donors (Lipinski definition) is 2. The molecular formula is C22H30N2O2. The number of carbonyl (C=O) groups is 1. The molecule has 0 bridgehead atoms. The third-order valence-corrected chi connectivity index (χ3v) is 3.71. The highest BCUT2D eigenvalue weighted by Gasteiger charge is 2.11. The Hall–Kier alpha value is -2.49. The van der Waals surface area contributed by atoms with Gasteiger partial charge in [0.05, 0.1) is 0 Å². The Balaban J connectivity index is 1.81. The van der Waals surface area contributed by atoms with Crippen LogP contribution in [0.15, 0.2) is 48.5 Å². The first-order valence-corrected chi connectivity index (χ1v) is 9.09. The second-order valence-corrected chi connectivity index (χ2v) is 8.13. The number of nitrogens with one attached hydrogen (secondary N) is 2. The van der Waals surface area contributed by atoms with Crippen molar-refractivity contribution < 1.29 is 9.53 Å². The van der Waals surface area contributed by atoms with E-state index in [9.17, 15) is 4.79 Å². The molecular weight excluding hydrogens is 324 g/mol. The minimum atomic E-state index is -0.446. The van der Waals surface area contributed by atoms with E-state index >= 15 is 0 Å². The van der Waals surface area contributed by atoms with Crippen molar-refractivity contribution in [1.29, 1.82) is 0 Å². The molecule has 0 saturated carbocycles. The molecule has 2 rings (SSSR count). The van der Waals surface area contributed by atoms with Gasteiger partial charge in [0, 0.05) is 17.4 Å². The fourth-order valence-electron chi connectivity index (χ4n) is 2.65. The second kappa shape index (κ2) is 8.75. The Morgan fingerprint density at radius 2 is 1.46 bits per heavy atom. The number of ether oxygens (including phenoxy) is 1. The maximum Gasteiger partial charge on any atom is 0.411 e. The van der Waals surface area contributed by atoms with Gasteiger partial charge < -0.3 is 10.1 Å². The van der Waals surface area contributed by atoms with E-state index < -0.39 is 6.09 Å². The smallest absolute Gasteiger partial charge is 0.411 e. The summed E-state index contributed by atoms with van der Waals surface area (Å²) in [7, 11) is 0. The van der Waals surface area contributed by atoms with Crippen LogP contribution in [0.3, 0.4) is 0 Å². The summed E-state index contributed by atoms with van der Waals surface area (Å²) in [5, 5.41) is 6.09. The molecule has 26 heavy (non-hydrogen) atoms. The highest BCUT2D eigenvalue weighted by Crippen LogP contribution is 2.21. The zero-order valence-electron chi connectivity index (χ0n) is 16.4. The molecule has 1 amide bonds. The van der Waals surface area contributed by atoms with Gasteiger partial charge in [0.2, 0.25) is 0 Å². The number of carbonyl (C=O) groups excluding carboxylic acids is 1. The van der Waals surface area contributed by atoms with Gasteiger partial charge in [-0.05, 0) is 61.1 Å². The van der Waals surface area contributed by atoms with Crippen LogP contribution in [0.4, 0.5) is 16.2 Å². The number of rotatable bonds is 6. The van der Waals surface area contributed by atoms with Gasteiger partial charge in [0.25, 0.3) is 0 Å². The van der Waals surface area contributed by atoms with E-state index in [2.05, 4.69) is 45.3 Å². The van der Waals surface area contributed by atoms with Crippen molar-refractivity contribution in [2.45, 2.75) is 53.7 Å². The maximum absolute atomic E-state index is 12.0. The number of amides is 1. The summed E-state index contributed by atoms with van der Waals surface area (Å²) >= 11 is 0. The summed E-state index contributed by atoms with van der Waals surface area (Å²) in [4.78, 5) is 12.0. The van der Waals surface area contributed by atoms with Crippen molar-refractivity contribution in [2.24, 2.45) is 5.41 Å². The summed E-state index contributed by atoms with van der Waals surface area (Å²) in [6.45, 7) is 11.1. The summed E-state index contributed by atoms with van der Waals surface area (Å²) < 4.78 is 5.29. The number of hydrogen-bond acceptors (Lipinski definition) is 3. The molecule has 2 aromatic rings. The minimum absolute atomic E-state index is 0.244. The van der Waals surface area contributed by atoms with Crippen molar-refractivity contribution in [3.05, 3.63) is 59.7 Å². The molecule has 2 N–H and O–H groups in total. The lowest BCUT2D eigenvalue weighted by molar-refractivity contribution is 0.155. The number of anilines is 2. The molecule has 4 nitrogen and oxygen atoms in total. The normalized spacial score (nSPS) is 11.3. The fourth-order valence-corrected chi connectivity index (χ4v) is 2.65. The van der Waals surface area contributed by atoms with Crippen LogP contribution in [0, 0.1) is 5.41 Å². The third kappa shape index (κ3) is 7.18. The molecule has 140 valence electrons. The van der Waals surface area contributed by atoms with E-state index in [1.807, 2.05) is 48.5 Å². The molecule has 0 radical (unpaired) electrons. The van der Waals surface area contributed by atoms with Crippen molar-refractivity contribution in [1.82, 2.24) is 0 Å². The van der Waals surface area contributed by atoms with Crippen LogP contribution in [-0.4, -0.2) is 12.1 Å². The van der Waals surface area contributed by atoms with Crippen LogP contribution in [0.5, 0.6) is 0 Å². The van der Waals surface area contributed by atoms with Gasteiger partial charge in [-0.3, -0.25) is 5.32 Å². The lowest BCUT2D eigenvalue weighted by Gasteiger charge is -2.18. The van der Waals surface area contributed by atoms with E-state index in [0.29, 0.717) is 6.04 Å². The molecule has 0 aliphatic heterocycles. The molecule has 0 fully saturated rings. The van der Waals surface area contributed by atoms with Crippen LogP contribution in [-0.2, 0) is 17.8 Å². The maximum atomic E-state index is 12.0.